The van der Waals surface area contributed by atoms with Gasteiger partial charge in [0.15, 0.2) is 0 Å². The third kappa shape index (κ3) is 6.80. The number of ether oxygens (including phenoxy) is 2. The van der Waals surface area contributed by atoms with E-state index in [1.165, 1.54) is 4.90 Å². The van der Waals surface area contributed by atoms with Crippen molar-refractivity contribution in [3.05, 3.63) is 0 Å². The Bertz CT molecular complexity index is 520. The van der Waals surface area contributed by atoms with Gasteiger partial charge in [0.2, 0.25) is 0 Å². The maximum absolute atomic E-state index is 12.2. The first-order valence-electron chi connectivity index (χ1n) is 8.47. The van der Waals surface area contributed by atoms with Crippen molar-refractivity contribution in [3.63, 3.8) is 0 Å². The molecule has 0 saturated carbocycles. The Hall–Kier alpha value is -1.99. The van der Waals surface area contributed by atoms with Gasteiger partial charge in [-0.1, -0.05) is 0 Å². The number of carbonyl (C=O) groups excluding carboxylic acids is 2. The molecule has 1 fully saturated rings. The van der Waals surface area contributed by atoms with Crippen molar-refractivity contribution in [2.45, 2.75) is 77.5 Å². The fourth-order valence-electron chi connectivity index (χ4n) is 2.53. The minimum absolute atomic E-state index is 0.0841. The van der Waals surface area contributed by atoms with Crippen LogP contribution in [0.3, 0.4) is 0 Å². The second-order valence-corrected chi connectivity index (χ2v) is 8.34. The Balaban J connectivity index is 2.82. The summed E-state index contributed by atoms with van der Waals surface area (Å²) in [6.45, 7) is 11.0. The number of aliphatic carboxylic acids is 1. The zero-order valence-corrected chi connectivity index (χ0v) is 16.0. The van der Waals surface area contributed by atoms with Crippen molar-refractivity contribution in [1.29, 1.82) is 0 Å². The van der Waals surface area contributed by atoms with Gasteiger partial charge in [-0.25, -0.2) is 14.4 Å². The van der Waals surface area contributed by atoms with Gasteiger partial charge < -0.3 is 24.8 Å². The standard InChI is InChI=1S/C17H30N2O6/c1-15(2,3)24-13(22)18-17(12(20)21)8-7-10-19(11-9-17)14(23)25-16(4,5)6/h7-11H2,1-6H3,(H,18,22)(H,20,21)/t17-/m1/s1. The van der Waals surface area contributed by atoms with Crippen LogP contribution in [-0.2, 0) is 14.3 Å². The molecule has 0 bridgehead atoms. The molecule has 2 amide bonds. The van der Waals surface area contributed by atoms with Gasteiger partial charge in [-0.3, -0.25) is 0 Å². The Morgan fingerprint density at radius 2 is 1.52 bits per heavy atom. The number of carboxylic acid groups (broad SMARTS) is 1. The highest BCUT2D eigenvalue weighted by molar-refractivity contribution is 5.84. The van der Waals surface area contributed by atoms with Crippen LogP contribution in [0.15, 0.2) is 0 Å². The first-order chi connectivity index (χ1) is 11.2. The van der Waals surface area contributed by atoms with E-state index in [1.807, 2.05) is 0 Å². The molecular formula is C17H30N2O6. The molecule has 1 saturated heterocycles. The summed E-state index contributed by atoms with van der Waals surface area (Å²) in [7, 11) is 0. The summed E-state index contributed by atoms with van der Waals surface area (Å²) in [6, 6.07) is 0. The van der Waals surface area contributed by atoms with Crippen molar-refractivity contribution < 1.29 is 29.0 Å². The lowest BCUT2D eigenvalue weighted by atomic mass is 9.91. The van der Waals surface area contributed by atoms with Gasteiger partial charge in [-0.05, 0) is 60.8 Å². The highest BCUT2D eigenvalue weighted by atomic mass is 16.6. The summed E-state index contributed by atoms with van der Waals surface area (Å²) >= 11 is 0. The number of alkyl carbamates (subject to hydrolysis) is 1. The number of carbonyl (C=O) groups is 3. The van der Waals surface area contributed by atoms with Crippen LogP contribution in [0.5, 0.6) is 0 Å². The van der Waals surface area contributed by atoms with Gasteiger partial charge in [0.1, 0.15) is 16.7 Å². The van der Waals surface area contributed by atoms with E-state index in [4.69, 9.17) is 9.47 Å². The molecule has 1 rings (SSSR count). The van der Waals surface area contributed by atoms with Gasteiger partial charge in [0.05, 0.1) is 0 Å². The van der Waals surface area contributed by atoms with E-state index >= 15 is 0 Å². The smallest absolute Gasteiger partial charge is 0.410 e. The van der Waals surface area contributed by atoms with E-state index in [1.54, 1.807) is 41.5 Å². The fourth-order valence-corrected chi connectivity index (χ4v) is 2.53. The Morgan fingerprint density at radius 1 is 0.960 bits per heavy atom. The molecule has 2 N–H and O–H groups in total. The molecule has 0 aliphatic carbocycles. The van der Waals surface area contributed by atoms with Gasteiger partial charge in [0, 0.05) is 13.1 Å². The number of nitrogens with one attached hydrogen (secondary N) is 1. The number of rotatable bonds is 2. The molecule has 8 heteroatoms. The molecule has 1 heterocycles. The highest BCUT2D eigenvalue weighted by Gasteiger charge is 2.43. The Labute approximate surface area is 148 Å². The summed E-state index contributed by atoms with van der Waals surface area (Å²) in [6.07, 6.45) is -0.533. The van der Waals surface area contributed by atoms with Gasteiger partial charge >= 0.3 is 18.2 Å². The highest BCUT2D eigenvalue weighted by Crippen LogP contribution is 2.25. The number of likely N-dealkylation sites (tertiary alicyclic amines) is 1. The molecule has 0 aromatic rings. The predicted octanol–water partition coefficient (Wildman–Crippen LogP) is 2.76. The molecule has 0 aromatic heterocycles. The summed E-state index contributed by atoms with van der Waals surface area (Å²) in [5.41, 5.74) is -2.81. The maximum atomic E-state index is 12.2. The second kappa shape index (κ2) is 7.49. The molecule has 1 aliphatic rings. The first kappa shape index (κ1) is 21.1. The van der Waals surface area contributed by atoms with Crippen LogP contribution in [-0.4, -0.2) is 58.0 Å². The van der Waals surface area contributed by atoms with Gasteiger partial charge in [0.25, 0.3) is 0 Å². The SMILES string of the molecule is CC(C)(C)OC(=O)N[C@]1(C(=O)O)CCCN(C(=O)OC(C)(C)C)CC1. The summed E-state index contributed by atoms with van der Waals surface area (Å²) in [4.78, 5) is 37.6. The van der Waals surface area contributed by atoms with Crippen molar-refractivity contribution in [2.75, 3.05) is 13.1 Å². The van der Waals surface area contributed by atoms with E-state index in [0.29, 0.717) is 13.0 Å². The number of hydrogen-bond acceptors (Lipinski definition) is 5. The van der Waals surface area contributed by atoms with Crippen LogP contribution in [0.2, 0.25) is 0 Å². The summed E-state index contributed by atoms with van der Waals surface area (Å²) in [5, 5.41) is 12.2. The van der Waals surface area contributed by atoms with Crippen LogP contribution < -0.4 is 5.32 Å². The second-order valence-electron chi connectivity index (χ2n) is 8.34. The molecule has 1 aliphatic heterocycles. The van der Waals surface area contributed by atoms with Crippen molar-refractivity contribution >= 4 is 18.2 Å². The normalized spacial score (nSPS) is 21.9. The lowest BCUT2D eigenvalue weighted by Crippen LogP contribution is -2.56. The maximum Gasteiger partial charge on any atom is 0.410 e. The minimum Gasteiger partial charge on any atom is -0.480 e. The largest absolute Gasteiger partial charge is 0.480 e. The topological polar surface area (TPSA) is 105 Å². The average molecular weight is 358 g/mol. The Kier molecular flexibility index (Phi) is 6.31. The van der Waals surface area contributed by atoms with Gasteiger partial charge in [-0.15, -0.1) is 0 Å². The molecular weight excluding hydrogens is 328 g/mol. The van der Waals surface area contributed by atoms with Crippen LogP contribution >= 0.6 is 0 Å². The zero-order chi connectivity index (χ0) is 19.5. The van der Waals surface area contributed by atoms with Crippen molar-refractivity contribution in [1.82, 2.24) is 10.2 Å². The van der Waals surface area contributed by atoms with Crippen LogP contribution in [0.1, 0.15) is 60.8 Å². The molecule has 0 radical (unpaired) electrons. The summed E-state index contributed by atoms with van der Waals surface area (Å²) < 4.78 is 10.5. The zero-order valence-electron chi connectivity index (χ0n) is 16.0. The molecule has 0 spiro atoms. The Morgan fingerprint density at radius 3 is 2.00 bits per heavy atom. The number of amides is 2. The average Bonchev–Trinajstić information content (AvgIpc) is 2.58. The quantitative estimate of drug-likeness (QED) is 0.786. The molecule has 0 aromatic carbocycles. The van der Waals surface area contributed by atoms with Crippen molar-refractivity contribution in [3.8, 4) is 0 Å². The van der Waals surface area contributed by atoms with E-state index < -0.39 is 34.9 Å². The van der Waals surface area contributed by atoms with Crippen molar-refractivity contribution in [2.24, 2.45) is 0 Å². The molecule has 1 atom stereocenters. The van der Waals surface area contributed by atoms with E-state index in [0.717, 1.165) is 0 Å². The molecule has 144 valence electrons. The van der Waals surface area contributed by atoms with Crippen LogP contribution in [0, 0.1) is 0 Å². The van der Waals surface area contributed by atoms with E-state index in [9.17, 15) is 19.5 Å². The monoisotopic (exact) mass is 358 g/mol. The number of hydrogen-bond donors (Lipinski definition) is 2. The fraction of sp³-hybridized carbons (Fsp3) is 0.824. The van der Waals surface area contributed by atoms with Crippen LogP contribution in [0.25, 0.3) is 0 Å². The minimum atomic E-state index is -1.46. The first-order valence-corrected chi connectivity index (χ1v) is 8.47. The summed E-state index contributed by atoms with van der Waals surface area (Å²) in [5.74, 6) is -1.13. The molecule has 0 unspecified atom stereocenters. The van der Waals surface area contributed by atoms with E-state index in [-0.39, 0.29) is 19.4 Å². The third-order valence-electron chi connectivity index (χ3n) is 3.64. The number of carboxylic acids is 1. The lowest BCUT2D eigenvalue weighted by Gasteiger charge is -2.31. The van der Waals surface area contributed by atoms with E-state index in [2.05, 4.69) is 5.32 Å². The molecule has 25 heavy (non-hydrogen) atoms. The lowest BCUT2D eigenvalue weighted by molar-refractivity contribution is -0.145. The van der Waals surface area contributed by atoms with Gasteiger partial charge in [-0.2, -0.15) is 0 Å². The third-order valence-corrected chi connectivity index (χ3v) is 3.64. The number of nitrogens with zero attached hydrogens (tertiary/aromatic N) is 1. The predicted molar refractivity (Wildman–Crippen MR) is 91.4 cm³/mol. The van der Waals surface area contributed by atoms with Crippen LogP contribution in [0.4, 0.5) is 9.59 Å². The molecule has 8 nitrogen and oxygen atoms in total.